The summed E-state index contributed by atoms with van der Waals surface area (Å²) in [7, 11) is 0. The van der Waals surface area contributed by atoms with E-state index in [-0.39, 0.29) is 32.7 Å². The van der Waals surface area contributed by atoms with Crippen molar-refractivity contribution in [2.24, 2.45) is 0 Å². The molecule has 0 fully saturated rings. The third-order valence-electron chi connectivity index (χ3n) is 1.75. The topological polar surface area (TPSA) is 12.9 Å². The molecule has 0 saturated heterocycles. The summed E-state index contributed by atoms with van der Waals surface area (Å²) in [4.78, 5) is 4.20. The van der Waals surface area contributed by atoms with E-state index in [2.05, 4.69) is 17.1 Å². The van der Waals surface area contributed by atoms with Crippen LogP contribution in [0.25, 0.3) is 10.8 Å². The summed E-state index contributed by atoms with van der Waals surface area (Å²) in [5.74, 6) is 0. The number of hydrogen-bond acceptors (Lipinski definition) is 1. The zero-order valence-electron chi connectivity index (χ0n) is 10.4. The molecule has 0 N–H and O–H groups in total. The predicted molar refractivity (Wildman–Crippen MR) is 64.8 cm³/mol. The molecule has 2 rings (SSSR count). The van der Waals surface area contributed by atoms with Gasteiger partial charge in [0.25, 0.3) is 0 Å². The first kappa shape index (κ1) is 17.3. The minimum atomic E-state index is 0. The first-order valence-corrected chi connectivity index (χ1v) is 5.35. The number of rotatable bonds is 0. The van der Waals surface area contributed by atoms with Crippen molar-refractivity contribution in [2.45, 2.75) is 34.6 Å². The molecule has 1 radical (unpaired) electrons. The molecule has 0 aliphatic rings. The maximum absolute atomic E-state index is 4.20. The van der Waals surface area contributed by atoms with Crippen LogP contribution in [0.3, 0.4) is 0 Å². The molecule has 1 nitrogen and oxygen atoms in total. The summed E-state index contributed by atoms with van der Waals surface area (Å²) in [5, 5.41) is 2.50. The fraction of sp³-hybridized carbons (Fsp3) is 0.385. The SMILES string of the molecule is CC.CC.C[c-]1ncc2ccccc21.[Y]. The van der Waals surface area contributed by atoms with Crippen molar-refractivity contribution < 1.29 is 32.7 Å². The van der Waals surface area contributed by atoms with Crippen LogP contribution in [0.4, 0.5) is 0 Å². The van der Waals surface area contributed by atoms with Gasteiger partial charge in [-0.15, -0.1) is 29.0 Å². The van der Waals surface area contributed by atoms with E-state index < -0.39 is 0 Å². The third-order valence-corrected chi connectivity index (χ3v) is 1.75. The average molecular weight is 279 g/mol. The van der Waals surface area contributed by atoms with E-state index in [1.807, 2.05) is 52.9 Å². The van der Waals surface area contributed by atoms with Crippen LogP contribution in [-0.4, -0.2) is 4.98 Å². The molecule has 1 heterocycles. The molecule has 1 aromatic carbocycles. The van der Waals surface area contributed by atoms with Gasteiger partial charge in [-0.05, 0) is 5.69 Å². The van der Waals surface area contributed by atoms with Gasteiger partial charge in [0.1, 0.15) is 0 Å². The minimum absolute atomic E-state index is 0. The molecular weight excluding hydrogens is 259 g/mol. The van der Waals surface area contributed by atoms with Gasteiger partial charge in [0.15, 0.2) is 0 Å². The Morgan fingerprint density at radius 3 is 2.07 bits per heavy atom. The van der Waals surface area contributed by atoms with Crippen LogP contribution in [0.5, 0.6) is 0 Å². The van der Waals surface area contributed by atoms with Crippen LogP contribution in [0.1, 0.15) is 33.4 Å². The van der Waals surface area contributed by atoms with Crippen molar-refractivity contribution in [1.82, 2.24) is 4.98 Å². The molecule has 2 aromatic rings. The minimum Gasteiger partial charge on any atom is -0.365 e. The Bertz CT molecular complexity index is 352. The maximum atomic E-state index is 4.20. The van der Waals surface area contributed by atoms with E-state index in [1.54, 1.807) is 0 Å². The Balaban J connectivity index is 0. The number of aromatic nitrogens is 1. The van der Waals surface area contributed by atoms with Crippen LogP contribution in [0.15, 0.2) is 30.5 Å². The Morgan fingerprint density at radius 2 is 1.53 bits per heavy atom. The molecule has 15 heavy (non-hydrogen) atoms. The van der Waals surface area contributed by atoms with Crippen LogP contribution < -0.4 is 0 Å². The monoisotopic (exact) mass is 279 g/mol. The van der Waals surface area contributed by atoms with Crippen molar-refractivity contribution >= 4 is 10.8 Å². The molecule has 0 bridgehead atoms. The van der Waals surface area contributed by atoms with E-state index in [0.717, 1.165) is 5.69 Å². The van der Waals surface area contributed by atoms with E-state index in [4.69, 9.17) is 0 Å². The van der Waals surface area contributed by atoms with E-state index in [9.17, 15) is 0 Å². The molecule has 0 atom stereocenters. The summed E-state index contributed by atoms with van der Waals surface area (Å²) < 4.78 is 0. The average Bonchev–Trinajstić information content (AvgIpc) is 2.67. The Labute approximate surface area is 119 Å². The fourth-order valence-electron chi connectivity index (χ4n) is 1.17. The molecular formula is C13H20NY-. The van der Waals surface area contributed by atoms with Gasteiger partial charge >= 0.3 is 0 Å². The molecule has 0 aliphatic heterocycles. The number of nitrogens with zero attached hydrogens (tertiary/aromatic N) is 1. The second-order valence-electron chi connectivity index (χ2n) is 2.43. The van der Waals surface area contributed by atoms with E-state index >= 15 is 0 Å². The van der Waals surface area contributed by atoms with E-state index in [0.29, 0.717) is 0 Å². The van der Waals surface area contributed by atoms with E-state index in [1.165, 1.54) is 10.8 Å². The smallest absolute Gasteiger partial charge is 0 e. The Hall–Kier alpha value is -0.136. The van der Waals surface area contributed by atoms with Crippen LogP contribution in [0, 0.1) is 6.92 Å². The number of benzene rings is 1. The van der Waals surface area contributed by atoms with Gasteiger partial charge in [0.2, 0.25) is 0 Å². The molecule has 0 aliphatic carbocycles. The van der Waals surface area contributed by atoms with Gasteiger partial charge in [0, 0.05) is 32.7 Å². The largest absolute Gasteiger partial charge is 0.365 e. The van der Waals surface area contributed by atoms with Crippen molar-refractivity contribution in [2.75, 3.05) is 0 Å². The zero-order valence-corrected chi connectivity index (χ0v) is 13.2. The van der Waals surface area contributed by atoms with Gasteiger partial charge < -0.3 is 4.98 Å². The van der Waals surface area contributed by atoms with Crippen LogP contribution >= 0.6 is 0 Å². The van der Waals surface area contributed by atoms with Gasteiger partial charge in [0.05, 0.1) is 0 Å². The van der Waals surface area contributed by atoms with Crippen LogP contribution in [-0.2, 0) is 32.7 Å². The second-order valence-corrected chi connectivity index (χ2v) is 2.43. The second kappa shape index (κ2) is 10.4. The van der Waals surface area contributed by atoms with Gasteiger partial charge in [-0.1, -0.05) is 46.9 Å². The van der Waals surface area contributed by atoms with Gasteiger partial charge in [-0.3, -0.25) is 0 Å². The molecule has 1 aromatic heterocycles. The standard InChI is InChI=1S/C9H8N.2C2H6.Y/c1-7-9-5-3-2-4-8(9)6-10-7;2*1-2;/h2-6H,1H3;2*1-2H3;/q-1;;;. The normalized spacial score (nSPS) is 7.80. The zero-order chi connectivity index (χ0) is 11.0. The Morgan fingerprint density at radius 1 is 1.00 bits per heavy atom. The molecule has 0 spiro atoms. The number of hydrogen-bond donors (Lipinski definition) is 0. The molecule has 2 heteroatoms. The fourth-order valence-corrected chi connectivity index (χ4v) is 1.17. The molecule has 0 saturated carbocycles. The maximum Gasteiger partial charge on any atom is 0 e. The van der Waals surface area contributed by atoms with Crippen molar-refractivity contribution in [1.29, 1.82) is 0 Å². The number of aryl methyl sites for hydroxylation is 1. The van der Waals surface area contributed by atoms with Crippen molar-refractivity contribution in [3.8, 4) is 0 Å². The predicted octanol–water partition coefficient (Wildman–Crippen LogP) is 4.31. The summed E-state index contributed by atoms with van der Waals surface area (Å²) in [5.41, 5.74) is 1.12. The summed E-state index contributed by atoms with van der Waals surface area (Å²) >= 11 is 0. The number of fused-ring (bicyclic) bond motifs is 1. The Kier molecular flexibility index (Phi) is 12.0. The van der Waals surface area contributed by atoms with Gasteiger partial charge in [-0.2, -0.15) is 0 Å². The quantitative estimate of drug-likeness (QED) is 0.655. The summed E-state index contributed by atoms with van der Waals surface area (Å²) in [6.07, 6.45) is 1.91. The summed E-state index contributed by atoms with van der Waals surface area (Å²) in [6, 6.07) is 8.24. The first-order valence-electron chi connectivity index (χ1n) is 5.35. The third kappa shape index (κ3) is 4.95. The summed E-state index contributed by atoms with van der Waals surface area (Å²) in [6.45, 7) is 10.0. The first-order chi connectivity index (χ1) is 6.88. The molecule has 81 valence electrons. The molecule has 0 unspecified atom stereocenters. The van der Waals surface area contributed by atoms with Crippen LogP contribution in [0.2, 0.25) is 0 Å². The van der Waals surface area contributed by atoms with Gasteiger partial charge in [-0.25, -0.2) is 0 Å². The van der Waals surface area contributed by atoms with Crippen molar-refractivity contribution in [3.63, 3.8) is 0 Å². The molecule has 0 amide bonds. The van der Waals surface area contributed by atoms with Crippen molar-refractivity contribution in [3.05, 3.63) is 36.2 Å².